The summed E-state index contributed by atoms with van der Waals surface area (Å²) in [6.45, 7) is 2.15. The van der Waals surface area contributed by atoms with Crippen LogP contribution in [0, 0.1) is 5.82 Å². The topological polar surface area (TPSA) is 55.1 Å². The number of unbranched alkanes of at least 4 members (excludes halogenated alkanes) is 4. The molecule has 0 atom stereocenters. The number of carbonyl (C=O) groups excluding carboxylic acids is 1. The van der Waals surface area contributed by atoms with Gasteiger partial charge in [0.1, 0.15) is 10.8 Å². The van der Waals surface area contributed by atoms with E-state index in [4.69, 9.17) is 18.0 Å². The fraction of sp³-hybridized carbons (Fsp3) is 0.467. The largest absolute Gasteiger partial charge is 0.389 e. The third-order valence-corrected chi connectivity index (χ3v) is 3.25. The van der Waals surface area contributed by atoms with Crippen LogP contribution in [0.1, 0.15) is 51.0 Å². The highest BCUT2D eigenvalue weighted by Gasteiger charge is 2.13. The molecule has 0 aliphatic carbocycles. The molecule has 110 valence electrons. The molecular weight excluding hydrogens is 275 g/mol. The van der Waals surface area contributed by atoms with E-state index < -0.39 is 5.82 Å². The molecule has 0 radical (unpaired) electrons. The van der Waals surface area contributed by atoms with E-state index in [0.29, 0.717) is 12.1 Å². The first kappa shape index (κ1) is 16.6. The number of nitrogens with one attached hydrogen (secondary N) is 1. The first-order valence-corrected chi connectivity index (χ1v) is 7.35. The molecule has 1 amide bonds. The minimum atomic E-state index is -0.516. The maximum atomic E-state index is 13.6. The maximum Gasteiger partial charge on any atom is 0.224 e. The van der Waals surface area contributed by atoms with Gasteiger partial charge in [-0.2, -0.15) is 0 Å². The van der Waals surface area contributed by atoms with E-state index in [0.717, 1.165) is 19.3 Å². The first-order valence-electron chi connectivity index (χ1n) is 6.94. The molecule has 3 N–H and O–H groups in total. The van der Waals surface area contributed by atoms with Crippen molar-refractivity contribution in [2.45, 2.75) is 45.4 Å². The van der Waals surface area contributed by atoms with E-state index in [9.17, 15) is 9.18 Å². The molecule has 0 heterocycles. The van der Waals surface area contributed by atoms with Gasteiger partial charge in [-0.25, -0.2) is 4.39 Å². The second kappa shape index (κ2) is 8.64. The molecule has 20 heavy (non-hydrogen) atoms. The van der Waals surface area contributed by atoms with E-state index in [1.54, 1.807) is 6.07 Å². The summed E-state index contributed by atoms with van der Waals surface area (Å²) in [5.41, 5.74) is 5.93. The minimum Gasteiger partial charge on any atom is -0.389 e. The lowest BCUT2D eigenvalue weighted by molar-refractivity contribution is -0.116. The number of anilines is 1. The van der Waals surface area contributed by atoms with Crippen LogP contribution >= 0.6 is 12.2 Å². The summed E-state index contributed by atoms with van der Waals surface area (Å²) in [5, 5.41) is 2.68. The van der Waals surface area contributed by atoms with Crippen LogP contribution < -0.4 is 11.1 Å². The number of carbonyl (C=O) groups is 1. The number of halogens is 1. The molecule has 0 unspecified atom stereocenters. The average Bonchev–Trinajstić information content (AvgIpc) is 2.38. The van der Waals surface area contributed by atoms with Crippen molar-refractivity contribution in [3.63, 3.8) is 0 Å². The molecule has 0 saturated carbocycles. The van der Waals surface area contributed by atoms with Gasteiger partial charge in [-0.3, -0.25) is 4.79 Å². The Morgan fingerprint density at radius 1 is 1.30 bits per heavy atom. The standard InChI is InChI=1S/C15H21FN2OS/c1-2-3-4-5-6-10-13(19)18-12-9-7-8-11(16)14(12)15(17)20/h7-9H,2-6,10H2,1H3,(H2,17,20)(H,18,19). The Labute approximate surface area is 124 Å². The summed E-state index contributed by atoms with van der Waals surface area (Å²) in [6, 6.07) is 4.40. The van der Waals surface area contributed by atoms with Gasteiger partial charge in [0.2, 0.25) is 5.91 Å². The van der Waals surface area contributed by atoms with Gasteiger partial charge >= 0.3 is 0 Å². The third-order valence-electron chi connectivity index (χ3n) is 3.04. The number of nitrogens with two attached hydrogens (primary N) is 1. The molecular formula is C15H21FN2OS. The van der Waals surface area contributed by atoms with Crippen LogP contribution in [-0.2, 0) is 4.79 Å². The van der Waals surface area contributed by atoms with Crippen LogP contribution in [-0.4, -0.2) is 10.9 Å². The number of hydrogen-bond donors (Lipinski definition) is 2. The molecule has 3 nitrogen and oxygen atoms in total. The zero-order valence-corrected chi connectivity index (χ0v) is 12.6. The van der Waals surface area contributed by atoms with Crippen molar-refractivity contribution in [3.05, 3.63) is 29.6 Å². The summed E-state index contributed by atoms with van der Waals surface area (Å²) in [4.78, 5) is 11.8. The van der Waals surface area contributed by atoms with Crippen molar-refractivity contribution in [2.75, 3.05) is 5.32 Å². The van der Waals surface area contributed by atoms with E-state index >= 15 is 0 Å². The van der Waals surface area contributed by atoms with Crippen molar-refractivity contribution >= 4 is 28.8 Å². The smallest absolute Gasteiger partial charge is 0.224 e. The summed E-state index contributed by atoms with van der Waals surface area (Å²) < 4.78 is 13.6. The Morgan fingerprint density at radius 2 is 2.00 bits per heavy atom. The molecule has 0 saturated heterocycles. The Morgan fingerprint density at radius 3 is 2.65 bits per heavy atom. The Bertz CT molecular complexity index is 477. The zero-order valence-electron chi connectivity index (χ0n) is 11.7. The molecule has 1 aromatic carbocycles. The summed E-state index contributed by atoms with van der Waals surface area (Å²) in [7, 11) is 0. The van der Waals surface area contributed by atoms with E-state index in [-0.39, 0.29) is 16.5 Å². The van der Waals surface area contributed by atoms with Gasteiger partial charge < -0.3 is 11.1 Å². The fourth-order valence-corrected chi connectivity index (χ4v) is 2.19. The lowest BCUT2D eigenvalue weighted by atomic mass is 10.1. The predicted molar refractivity (Wildman–Crippen MR) is 84.3 cm³/mol. The van der Waals surface area contributed by atoms with Gasteiger partial charge in [0.05, 0.1) is 11.3 Å². The monoisotopic (exact) mass is 296 g/mol. The molecule has 0 fully saturated rings. The van der Waals surface area contributed by atoms with E-state index in [1.807, 2.05) is 0 Å². The average molecular weight is 296 g/mol. The van der Waals surface area contributed by atoms with Crippen LogP contribution in [0.2, 0.25) is 0 Å². The number of benzene rings is 1. The summed E-state index contributed by atoms with van der Waals surface area (Å²) >= 11 is 4.81. The molecule has 0 aromatic heterocycles. The van der Waals surface area contributed by atoms with Crippen molar-refractivity contribution in [1.29, 1.82) is 0 Å². The normalized spacial score (nSPS) is 10.3. The molecule has 1 rings (SSSR count). The highest BCUT2D eigenvalue weighted by molar-refractivity contribution is 7.80. The van der Waals surface area contributed by atoms with Crippen molar-refractivity contribution in [3.8, 4) is 0 Å². The SMILES string of the molecule is CCCCCCCC(=O)Nc1cccc(F)c1C(N)=S. The Balaban J connectivity index is 2.54. The Hall–Kier alpha value is -1.49. The first-order chi connectivity index (χ1) is 9.56. The van der Waals surface area contributed by atoms with Crippen molar-refractivity contribution in [1.82, 2.24) is 0 Å². The zero-order chi connectivity index (χ0) is 15.0. The van der Waals surface area contributed by atoms with Gasteiger partial charge in [-0.1, -0.05) is 50.9 Å². The minimum absolute atomic E-state index is 0.0543. The van der Waals surface area contributed by atoms with Gasteiger partial charge in [0, 0.05) is 6.42 Å². The van der Waals surface area contributed by atoms with Gasteiger partial charge in [-0.15, -0.1) is 0 Å². The third kappa shape index (κ3) is 5.25. The van der Waals surface area contributed by atoms with Crippen LogP contribution in [0.25, 0.3) is 0 Å². The molecule has 0 spiro atoms. The summed E-state index contributed by atoms with van der Waals surface area (Å²) in [5.74, 6) is -0.650. The van der Waals surface area contributed by atoms with Gasteiger partial charge in [0.25, 0.3) is 0 Å². The Kier molecular flexibility index (Phi) is 7.15. The number of thiocarbonyl (C=S) groups is 1. The van der Waals surface area contributed by atoms with Crippen LogP contribution in [0.3, 0.4) is 0 Å². The van der Waals surface area contributed by atoms with Gasteiger partial charge in [0.15, 0.2) is 0 Å². The number of hydrogen-bond acceptors (Lipinski definition) is 2. The second-order valence-corrected chi connectivity index (χ2v) is 5.18. The fourth-order valence-electron chi connectivity index (χ4n) is 1.98. The lowest BCUT2D eigenvalue weighted by Gasteiger charge is -2.10. The number of rotatable bonds is 8. The van der Waals surface area contributed by atoms with Crippen molar-refractivity contribution < 1.29 is 9.18 Å². The quantitative estimate of drug-likeness (QED) is 0.567. The molecule has 0 bridgehead atoms. The van der Waals surface area contributed by atoms with Gasteiger partial charge in [-0.05, 0) is 18.6 Å². The highest BCUT2D eigenvalue weighted by Crippen LogP contribution is 2.19. The second-order valence-electron chi connectivity index (χ2n) is 4.74. The van der Waals surface area contributed by atoms with E-state index in [1.165, 1.54) is 25.0 Å². The molecule has 0 aliphatic heterocycles. The highest BCUT2D eigenvalue weighted by atomic mass is 32.1. The van der Waals surface area contributed by atoms with Crippen LogP contribution in [0.15, 0.2) is 18.2 Å². The van der Waals surface area contributed by atoms with Crippen LogP contribution in [0.5, 0.6) is 0 Å². The van der Waals surface area contributed by atoms with Crippen molar-refractivity contribution in [2.24, 2.45) is 5.73 Å². The maximum absolute atomic E-state index is 13.6. The summed E-state index contributed by atoms with van der Waals surface area (Å²) in [6.07, 6.45) is 5.80. The molecule has 1 aromatic rings. The van der Waals surface area contributed by atoms with E-state index in [2.05, 4.69) is 12.2 Å². The van der Waals surface area contributed by atoms with Crippen LogP contribution in [0.4, 0.5) is 10.1 Å². The molecule has 0 aliphatic rings. The lowest BCUT2D eigenvalue weighted by Crippen LogP contribution is -2.18. The predicted octanol–water partition coefficient (Wildman–Crippen LogP) is 3.76. The number of amides is 1. The molecule has 5 heteroatoms.